The van der Waals surface area contributed by atoms with Gasteiger partial charge in [0, 0.05) is 28.4 Å². The fraction of sp³-hybridized carbons (Fsp3) is 0.188. The summed E-state index contributed by atoms with van der Waals surface area (Å²) in [5.41, 5.74) is 0.788. The molecule has 0 spiro atoms. The Labute approximate surface area is 141 Å². The van der Waals surface area contributed by atoms with Gasteiger partial charge in [0.2, 0.25) is 5.91 Å². The molecule has 1 amide bonds. The van der Waals surface area contributed by atoms with Gasteiger partial charge in [-0.25, -0.2) is 4.39 Å². The summed E-state index contributed by atoms with van der Waals surface area (Å²) in [5.74, 6) is 0.371. The SMILES string of the molecule is COc1cc(NC(=O)CNc2ccc(Br)cc2F)cc(OC)c1. The number of nitrogens with one attached hydrogen (secondary N) is 2. The van der Waals surface area contributed by atoms with E-state index in [1.807, 2.05) is 0 Å². The van der Waals surface area contributed by atoms with Crippen LogP contribution in [0.2, 0.25) is 0 Å². The second-order valence-corrected chi connectivity index (χ2v) is 5.54. The van der Waals surface area contributed by atoms with Gasteiger partial charge in [0.05, 0.1) is 26.5 Å². The average molecular weight is 383 g/mol. The third kappa shape index (κ3) is 4.85. The monoisotopic (exact) mass is 382 g/mol. The molecule has 0 saturated carbocycles. The van der Waals surface area contributed by atoms with Crippen molar-refractivity contribution in [2.75, 3.05) is 31.4 Å². The first-order valence-electron chi connectivity index (χ1n) is 6.73. The van der Waals surface area contributed by atoms with Crippen LogP contribution in [-0.2, 0) is 4.79 Å². The van der Waals surface area contributed by atoms with Crippen LogP contribution < -0.4 is 20.1 Å². The molecule has 2 rings (SSSR count). The molecular formula is C16H16BrFN2O3. The van der Waals surface area contributed by atoms with Crippen molar-refractivity contribution >= 4 is 33.2 Å². The minimum absolute atomic E-state index is 0.0714. The van der Waals surface area contributed by atoms with Gasteiger partial charge in [0.25, 0.3) is 0 Å². The van der Waals surface area contributed by atoms with Crippen LogP contribution in [0.5, 0.6) is 11.5 Å². The lowest BCUT2D eigenvalue weighted by Gasteiger charge is -2.11. The number of anilines is 2. The Bertz CT molecular complexity index is 687. The second kappa shape index (κ2) is 7.82. The summed E-state index contributed by atoms with van der Waals surface area (Å²) in [6.45, 7) is -0.0714. The van der Waals surface area contributed by atoms with Crippen LogP contribution in [0.25, 0.3) is 0 Å². The van der Waals surface area contributed by atoms with E-state index in [9.17, 15) is 9.18 Å². The first-order chi connectivity index (χ1) is 11.0. The highest BCUT2D eigenvalue weighted by molar-refractivity contribution is 9.10. The van der Waals surface area contributed by atoms with Crippen LogP contribution in [0.3, 0.4) is 0 Å². The zero-order valence-corrected chi connectivity index (χ0v) is 14.2. The fourth-order valence-electron chi connectivity index (χ4n) is 1.89. The predicted octanol–water partition coefficient (Wildman–Crippen LogP) is 3.66. The maximum atomic E-state index is 13.7. The van der Waals surface area contributed by atoms with Gasteiger partial charge in [-0.15, -0.1) is 0 Å². The van der Waals surface area contributed by atoms with Gasteiger partial charge in [-0.05, 0) is 18.2 Å². The Morgan fingerprint density at radius 1 is 1.13 bits per heavy atom. The van der Waals surface area contributed by atoms with Crippen LogP contribution >= 0.6 is 15.9 Å². The molecule has 122 valence electrons. The largest absolute Gasteiger partial charge is 0.497 e. The smallest absolute Gasteiger partial charge is 0.243 e. The molecule has 0 saturated heterocycles. The van der Waals surface area contributed by atoms with Crippen molar-refractivity contribution in [2.24, 2.45) is 0 Å². The highest BCUT2D eigenvalue weighted by atomic mass is 79.9. The van der Waals surface area contributed by atoms with Crippen LogP contribution in [0.1, 0.15) is 0 Å². The van der Waals surface area contributed by atoms with Crippen molar-refractivity contribution in [2.45, 2.75) is 0 Å². The zero-order valence-electron chi connectivity index (χ0n) is 12.7. The Balaban J connectivity index is 1.99. The molecule has 2 N–H and O–H groups in total. The lowest BCUT2D eigenvalue weighted by Crippen LogP contribution is -2.22. The molecule has 5 nitrogen and oxygen atoms in total. The van der Waals surface area contributed by atoms with E-state index in [0.717, 1.165) is 0 Å². The summed E-state index contributed by atoms with van der Waals surface area (Å²) in [6.07, 6.45) is 0. The molecule has 0 fully saturated rings. The first-order valence-corrected chi connectivity index (χ1v) is 7.53. The van der Waals surface area contributed by atoms with E-state index < -0.39 is 5.82 Å². The highest BCUT2D eigenvalue weighted by Crippen LogP contribution is 2.25. The number of methoxy groups -OCH3 is 2. The third-order valence-corrected chi connectivity index (χ3v) is 3.50. The molecule has 0 radical (unpaired) electrons. The summed E-state index contributed by atoms with van der Waals surface area (Å²) < 4.78 is 24.6. The van der Waals surface area contributed by atoms with Gasteiger partial charge in [0.15, 0.2) is 0 Å². The van der Waals surface area contributed by atoms with Crippen LogP contribution in [0.4, 0.5) is 15.8 Å². The Morgan fingerprint density at radius 3 is 2.35 bits per heavy atom. The van der Waals surface area contributed by atoms with E-state index in [0.29, 0.717) is 21.7 Å². The summed E-state index contributed by atoms with van der Waals surface area (Å²) in [4.78, 5) is 12.0. The lowest BCUT2D eigenvalue weighted by atomic mass is 10.2. The molecule has 2 aromatic carbocycles. The third-order valence-electron chi connectivity index (χ3n) is 3.01. The van der Waals surface area contributed by atoms with Crippen molar-refractivity contribution in [3.05, 3.63) is 46.7 Å². The molecule has 2 aromatic rings. The molecule has 0 aliphatic heterocycles. The Morgan fingerprint density at radius 2 is 1.78 bits per heavy atom. The molecule has 0 aromatic heterocycles. The number of ether oxygens (including phenoxy) is 2. The van der Waals surface area contributed by atoms with Gasteiger partial charge >= 0.3 is 0 Å². The second-order valence-electron chi connectivity index (χ2n) is 4.63. The lowest BCUT2D eigenvalue weighted by molar-refractivity contribution is -0.114. The molecular weight excluding hydrogens is 367 g/mol. The summed E-state index contributed by atoms with van der Waals surface area (Å²) in [5, 5.41) is 5.45. The Kier molecular flexibility index (Phi) is 5.81. The molecule has 7 heteroatoms. The van der Waals surface area contributed by atoms with E-state index >= 15 is 0 Å². The van der Waals surface area contributed by atoms with E-state index in [-0.39, 0.29) is 18.1 Å². The van der Waals surface area contributed by atoms with Crippen molar-refractivity contribution in [3.8, 4) is 11.5 Å². The van der Waals surface area contributed by atoms with Crippen molar-refractivity contribution in [1.29, 1.82) is 0 Å². The van der Waals surface area contributed by atoms with E-state index in [1.165, 1.54) is 20.3 Å². The van der Waals surface area contributed by atoms with E-state index in [2.05, 4.69) is 26.6 Å². The van der Waals surface area contributed by atoms with Gasteiger partial charge in [-0.1, -0.05) is 15.9 Å². The summed E-state index contributed by atoms with van der Waals surface area (Å²) in [6, 6.07) is 9.61. The quantitative estimate of drug-likeness (QED) is 0.800. The number of rotatable bonds is 6. The maximum absolute atomic E-state index is 13.7. The average Bonchev–Trinajstić information content (AvgIpc) is 2.53. The molecule has 23 heavy (non-hydrogen) atoms. The normalized spacial score (nSPS) is 10.1. The topological polar surface area (TPSA) is 59.6 Å². The van der Waals surface area contributed by atoms with Crippen LogP contribution in [0, 0.1) is 5.82 Å². The Hall–Kier alpha value is -2.28. The highest BCUT2D eigenvalue weighted by Gasteiger charge is 2.08. The standard InChI is InChI=1S/C16H16BrFN2O3/c1-22-12-6-11(7-13(8-12)23-2)20-16(21)9-19-15-4-3-10(17)5-14(15)18/h3-8,19H,9H2,1-2H3,(H,20,21). The number of carbonyl (C=O) groups excluding carboxylic acids is 1. The summed E-state index contributed by atoms with van der Waals surface area (Å²) >= 11 is 3.18. The molecule has 0 aliphatic rings. The zero-order chi connectivity index (χ0) is 16.8. The minimum Gasteiger partial charge on any atom is -0.497 e. The van der Waals surface area contributed by atoms with Gasteiger partial charge in [0.1, 0.15) is 17.3 Å². The fourth-order valence-corrected chi connectivity index (χ4v) is 2.23. The number of hydrogen-bond donors (Lipinski definition) is 2. The maximum Gasteiger partial charge on any atom is 0.243 e. The van der Waals surface area contributed by atoms with Crippen LogP contribution in [0.15, 0.2) is 40.9 Å². The number of halogens is 2. The molecule has 0 heterocycles. The van der Waals surface area contributed by atoms with Gasteiger partial charge in [-0.2, -0.15) is 0 Å². The van der Waals surface area contributed by atoms with Gasteiger partial charge in [-0.3, -0.25) is 4.79 Å². The van der Waals surface area contributed by atoms with Crippen molar-refractivity contribution in [1.82, 2.24) is 0 Å². The van der Waals surface area contributed by atoms with E-state index in [4.69, 9.17) is 9.47 Å². The minimum atomic E-state index is -0.435. The molecule has 0 aliphatic carbocycles. The van der Waals surface area contributed by atoms with E-state index in [1.54, 1.807) is 30.3 Å². The molecule has 0 atom stereocenters. The number of carbonyl (C=O) groups is 1. The van der Waals surface area contributed by atoms with Crippen LogP contribution in [-0.4, -0.2) is 26.7 Å². The number of amides is 1. The van der Waals surface area contributed by atoms with Gasteiger partial charge < -0.3 is 20.1 Å². The van der Waals surface area contributed by atoms with Crippen molar-refractivity contribution in [3.63, 3.8) is 0 Å². The van der Waals surface area contributed by atoms with Crippen molar-refractivity contribution < 1.29 is 18.7 Å². The first kappa shape index (κ1) is 17.1. The predicted molar refractivity (Wildman–Crippen MR) is 90.8 cm³/mol. The number of benzene rings is 2. The number of hydrogen-bond acceptors (Lipinski definition) is 4. The summed E-state index contributed by atoms with van der Waals surface area (Å²) in [7, 11) is 3.05. The molecule has 0 unspecified atom stereocenters. The molecule has 0 bridgehead atoms.